The number of hydrogen-bond donors (Lipinski definition) is 3. The van der Waals surface area contributed by atoms with Gasteiger partial charge in [0.1, 0.15) is 11.9 Å². The van der Waals surface area contributed by atoms with Gasteiger partial charge in [0.15, 0.2) is 5.96 Å². The fourth-order valence-electron chi connectivity index (χ4n) is 3.68. The summed E-state index contributed by atoms with van der Waals surface area (Å²) in [6.07, 6.45) is 3.97. The van der Waals surface area contributed by atoms with Crippen molar-refractivity contribution < 1.29 is 14.6 Å². The zero-order chi connectivity index (χ0) is 19.1. The number of hydrogen-bond acceptors (Lipinski definition) is 4. The number of rotatable bonds is 7. The van der Waals surface area contributed by atoms with Crippen molar-refractivity contribution in [3.8, 4) is 5.75 Å². The predicted molar refractivity (Wildman–Crippen MR) is 123 cm³/mol. The van der Waals surface area contributed by atoms with Crippen molar-refractivity contribution in [2.24, 2.45) is 10.9 Å². The van der Waals surface area contributed by atoms with Gasteiger partial charge < -0.3 is 25.2 Å². The van der Waals surface area contributed by atoms with E-state index in [2.05, 4.69) is 42.7 Å². The number of guanidine groups is 1. The van der Waals surface area contributed by atoms with Gasteiger partial charge in [0.05, 0.1) is 25.9 Å². The Morgan fingerprint density at radius 1 is 1.29 bits per heavy atom. The Hall–Kier alpha value is -1.06. The van der Waals surface area contributed by atoms with Crippen molar-refractivity contribution in [1.29, 1.82) is 0 Å². The SMILES string of the molecule is CCNC(=NCc1ccc(C)cc1OC1CCOC1)NCC1CCCC1O.I. The van der Waals surface area contributed by atoms with Gasteiger partial charge in [0, 0.05) is 31.0 Å². The maximum Gasteiger partial charge on any atom is 0.191 e. The lowest BCUT2D eigenvalue weighted by atomic mass is 10.1. The second kappa shape index (κ2) is 11.8. The average Bonchev–Trinajstić information content (AvgIpc) is 3.30. The van der Waals surface area contributed by atoms with E-state index < -0.39 is 0 Å². The molecule has 1 aliphatic carbocycles. The van der Waals surface area contributed by atoms with Crippen molar-refractivity contribution in [2.75, 3.05) is 26.3 Å². The summed E-state index contributed by atoms with van der Waals surface area (Å²) in [5.74, 6) is 2.00. The van der Waals surface area contributed by atoms with Gasteiger partial charge in [-0.15, -0.1) is 24.0 Å². The van der Waals surface area contributed by atoms with Crippen LogP contribution >= 0.6 is 24.0 Å². The third kappa shape index (κ3) is 6.77. The predicted octanol–water partition coefficient (Wildman–Crippen LogP) is 3.00. The number of nitrogens with zero attached hydrogens (tertiary/aromatic N) is 1. The van der Waals surface area contributed by atoms with Crippen LogP contribution in [0.15, 0.2) is 23.2 Å². The van der Waals surface area contributed by atoms with E-state index in [4.69, 9.17) is 14.5 Å². The molecule has 1 aromatic rings. The molecule has 2 fully saturated rings. The molecule has 1 aromatic carbocycles. The normalized spacial score (nSPS) is 24.7. The highest BCUT2D eigenvalue weighted by Gasteiger charge is 2.25. The molecule has 0 amide bonds. The van der Waals surface area contributed by atoms with E-state index in [0.29, 0.717) is 19.1 Å². The van der Waals surface area contributed by atoms with Crippen molar-refractivity contribution in [1.82, 2.24) is 10.6 Å². The summed E-state index contributed by atoms with van der Waals surface area (Å²) < 4.78 is 11.6. The van der Waals surface area contributed by atoms with Gasteiger partial charge in [-0.1, -0.05) is 18.6 Å². The van der Waals surface area contributed by atoms with Crippen LogP contribution < -0.4 is 15.4 Å². The van der Waals surface area contributed by atoms with Crippen LogP contribution in [0.5, 0.6) is 5.75 Å². The topological polar surface area (TPSA) is 75.1 Å². The second-order valence-electron chi connectivity index (χ2n) is 7.55. The van der Waals surface area contributed by atoms with Crippen LogP contribution in [0, 0.1) is 12.8 Å². The fraction of sp³-hybridized carbons (Fsp3) is 0.667. The molecule has 3 unspecified atom stereocenters. The Morgan fingerprint density at radius 2 is 2.14 bits per heavy atom. The van der Waals surface area contributed by atoms with Crippen molar-refractivity contribution in [3.05, 3.63) is 29.3 Å². The lowest BCUT2D eigenvalue weighted by molar-refractivity contribution is 0.134. The van der Waals surface area contributed by atoms with Gasteiger partial charge in [0.25, 0.3) is 0 Å². The number of aliphatic hydroxyl groups excluding tert-OH is 1. The Morgan fingerprint density at radius 3 is 2.82 bits per heavy atom. The molecule has 3 N–H and O–H groups in total. The minimum atomic E-state index is -0.189. The molecule has 0 radical (unpaired) electrons. The molecule has 158 valence electrons. The molecule has 28 heavy (non-hydrogen) atoms. The summed E-state index contributed by atoms with van der Waals surface area (Å²) in [5.41, 5.74) is 2.25. The maximum absolute atomic E-state index is 10.0. The molecule has 1 aliphatic heterocycles. The van der Waals surface area contributed by atoms with Crippen LogP contribution in [0.2, 0.25) is 0 Å². The number of aliphatic hydroxyl groups is 1. The lowest BCUT2D eigenvalue weighted by Crippen LogP contribution is -2.41. The van der Waals surface area contributed by atoms with E-state index in [1.54, 1.807) is 0 Å². The van der Waals surface area contributed by atoms with E-state index in [0.717, 1.165) is 62.7 Å². The zero-order valence-electron chi connectivity index (χ0n) is 16.9. The fourth-order valence-corrected chi connectivity index (χ4v) is 3.68. The highest BCUT2D eigenvalue weighted by molar-refractivity contribution is 14.0. The number of ether oxygens (including phenoxy) is 2. The summed E-state index contributed by atoms with van der Waals surface area (Å²) in [6, 6.07) is 6.27. The van der Waals surface area contributed by atoms with Crippen LogP contribution in [0.4, 0.5) is 0 Å². The van der Waals surface area contributed by atoms with Gasteiger partial charge in [0.2, 0.25) is 0 Å². The summed E-state index contributed by atoms with van der Waals surface area (Å²) in [6.45, 7) is 7.66. The minimum Gasteiger partial charge on any atom is -0.488 e. The third-order valence-electron chi connectivity index (χ3n) is 5.31. The molecule has 7 heteroatoms. The molecule has 1 heterocycles. The average molecular weight is 503 g/mol. The third-order valence-corrected chi connectivity index (χ3v) is 5.31. The highest BCUT2D eigenvalue weighted by atomic mass is 127. The van der Waals surface area contributed by atoms with Crippen LogP contribution in [0.25, 0.3) is 0 Å². The highest BCUT2D eigenvalue weighted by Crippen LogP contribution is 2.25. The van der Waals surface area contributed by atoms with Crippen LogP contribution in [-0.2, 0) is 11.3 Å². The monoisotopic (exact) mass is 503 g/mol. The van der Waals surface area contributed by atoms with Crippen molar-refractivity contribution in [3.63, 3.8) is 0 Å². The van der Waals surface area contributed by atoms with Gasteiger partial charge in [-0.05, 0) is 38.3 Å². The van der Waals surface area contributed by atoms with E-state index in [9.17, 15) is 5.11 Å². The zero-order valence-corrected chi connectivity index (χ0v) is 19.3. The second-order valence-corrected chi connectivity index (χ2v) is 7.55. The Balaban J connectivity index is 0.00000280. The molecule has 6 nitrogen and oxygen atoms in total. The first kappa shape index (κ1) is 23.2. The van der Waals surface area contributed by atoms with E-state index in [1.807, 2.05) is 0 Å². The lowest BCUT2D eigenvalue weighted by Gasteiger charge is -2.18. The molecular formula is C21H34IN3O3. The smallest absolute Gasteiger partial charge is 0.191 e. The molecular weight excluding hydrogens is 469 g/mol. The number of halogens is 1. The summed E-state index contributed by atoms with van der Waals surface area (Å²) in [5, 5.41) is 16.7. The minimum absolute atomic E-state index is 0. The molecule has 1 saturated carbocycles. The maximum atomic E-state index is 10.0. The molecule has 1 saturated heterocycles. The largest absolute Gasteiger partial charge is 0.488 e. The molecule has 0 bridgehead atoms. The summed E-state index contributed by atoms with van der Waals surface area (Å²) in [4.78, 5) is 4.74. The first-order chi connectivity index (χ1) is 13.2. The van der Waals surface area contributed by atoms with Gasteiger partial charge in [-0.2, -0.15) is 0 Å². The summed E-state index contributed by atoms with van der Waals surface area (Å²) >= 11 is 0. The molecule has 0 spiro atoms. The van der Waals surface area contributed by atoms with E-state index >= 15 is 0 Å². The standard InChI is InChI=1S/C21H33N3O3.HI/c1-3-22-21(23-12-16-5-4-6-19(16)25)24-13-17-8-7-15(2)11-20(17)27-18-9-10-26-14-18;/h7-8,11,16,18-19,25H,3-6,9-10,12-14H2,1-2H3,(H2,22,23,24);1H. The Labute approximate surface area is 185 Å². The van der Waals surface area contributed by atoms with E-state index in [-0.39, 0.29) is 36.2 Å². The van der Waals surface area contributed by atoms with Crippen LogP contribution in [-0.4, -0.2) is 49.6 Å². The number of aryl methyl sites for hydroxylation is 1. The first-order valence-electron chi connectivity index (χ1n) is 10.2. The molecule has 3 rings (SSSR count). The Bertz CT molecular complexity index is 635. The molecule has 3 atom stereocenters. The quantitative estimate of drug-likeness (QED) is 0.303. The number of aliphatic imine (C=N–C) groups is 1. The molecule has 0 aromatic heterocycles. The van der Waals surface area contributed by atoms with Crippen molar-refractivity contribution in [2.45, 2.75) is 58.3 Å². The number of nitrogens with one attached hydrogen (secondary N) is 2. The van der Waals surface area contributed by atoms with Gasteiger partial charge in [-0.25, -0.2) is 4.99 Å². The summed E-state index contributed by atoms with van der Waals surface area (Å²) in [7, 11) is 0. The van der Waals surface area contributed by atoms with Crippen molar-refractivity contribution >= 4 is 29.9 Å². The van der Waals surface area contributed by atoms with Crippen LogP contribution in [0.3, 0.4) is 0 Å². The van der Waals surface area contributed by atoms with Gasteiger partial charge >= 0.3 is 0 Å². The van der Waals surface area contributed by atoms with E-state index in [1.165, 1.54) is 5.56 Å². The molecule has 2 aliphatic rings. The van der Waals surface area contributed by atoms with Crippen LogP contribution in [0.1, 0.15) is 43.7 Å². The first-order valence-corrected chi connectivity index (χ1v) is 10.2. The van der Waals surface area contributed by atoms with Gasteiger partial charge in [-0.3, -0.25) is 0 Å². The Kier molecular flexibility index (Phi) is 9.81. The number of benzene rings is 1.